The molecule has 0 aliphatic heterocycles. The maximum atomic E-state index is 12.5. The lowest BCUT2D eigenvalue weighted by atomic mass is 10.2. The summed E-state index contributed by atoms with van der Waals surface area (Å²) in [6, 6.07) is 10.2. The largest absolute Gasteiger partial charge is 0.573 e. The van der Waals surface area contributed by atoms with Crippen LogP contribution in [-0.4, -0.2) is 53.9 Å². The van der Waals surface area contributed by atoms with Gasteiger partial charge in [0.1, 0.15) is 24.1 Å². The van der Waals surface area contributed by atoms with Crippen molar-refractivity contribution < 1.29 is 41.8 Å². The minimum Gasteiger partial charge on any atom is -0.491 e. The smallest absolute Gasteiger partial charge is 0.491 e. The number of carbonyl (C=O) groups excluding carboxylic acids is 1. The second-order valence-electron chi connectivity index (χ2n) is 6.81. The van der Waals surface area contributed by atoms with Gasteiger partial charge in [-0.25, -0.2) is 0 Å². The zero-order valence-corrected chi connectivity index (χ0v) is 18.0. The molecular weight excluding hydrogens is 459 g/mol. The highest BCUT2D eigenvalue weighted by Crippen LogP contribution is 2.26. The Balaban J connectivity index is 1.61. The van der Waals surface area contributed by atoms with E-state index in [2.05, 4.69) is 20.2 Å². The predicted molar refractivity (Wildman–Crippen MR) is 112 cm³/mol. The van der Waals surface area contributed by atoms with E-state index in [1.807, 2.05) is 6.92 Å². The van der Waals surface area contributed by atoms with Crippen LogP contribution in [-0.2, 0) is 4.74 Å². The van der Waals surface area contributed by atoms with E-state index in [1.165, 1.54) is 12.1 Å². The number of carbonyl (C=O) groups is 1. The molecule has 0 aliphatic rings. The number of aromatic nitrogens is 2. The maximum absolute atomic E-state index is 12.5. The van der Waals surface area contributed by atoms with Crippen LogP contribution >= 0.6 is 0 Å². The first-order valence-corrected chi connectivity index (χ1v) is 10.2. The van der Waals surface area contributed by atoms with Crippen LogP contribution in [0.5, 0.6) is 11.5 Å². The molecule has 0 spiro atoms. The molecule has 0 fully saturated rings. The summed E-state index contributed by atoms with van der Waals surface area (Å²) < 4.78 is 56.5. The van der Waals surface area contributed by atoms with E-state index in [0.717, 1.165) is 12.1 Å². The summed E-state index contributed by atoms with van der Waals surface area (Å²) in [6.45, 7) is 2.79. The second-order valence-corrected chi connectivity index (χ2v) is 6.81. The van der Waals surface area contributed by atoms with Gasteiger partial charge in [-0.2, -0.15) is 4.98 Å². The molecule has 2 aromatic carbocycles. The van der Waals surface area contributed by atoms with Gasteiger partial charge in [0, 0.05) is 17.7 Å². The Kier molecular flexibility index (Phi) is 8.44. The highest BCUT2D eigenvalue weighted by Gasteiger charge is 2.31. The molecule has 3 rings (SSSR count). The molecule has 1 atom stereocenters. The van der Waals surface area contributed by atoms with Crippen molar-refractivity contribution in [3.05, 3.63) is 60.0 Å². The zero-order chi connectivity index (χ0) is 24.6. The molecule has 1 amide bonds. The molecule has 2 N–H and O–H groups in total. The molecule has 0 aliphatic carbocycles. The lowest BCUT2D eigenvalue weighted by Gasteiger charge is -2.12. The molecule has 3 aromatic rings. The maximum Gasteiger partial charge on any atom is 0.573 e. The van der Waals surface area contributed by atoms with Gasteiger partial charge in [0.25, 0.3) is 11.8 Å². The molecule has 182 valence electrons. The number of ether oxygens (including phenoxy) is 3. The van der Waals surface area contributed by atoms with Crippen molar-refractivity contribution in [2.45, 2.75) is 19.3 Å². The van der Waals surface area contributed by atoms with E-state index in [1.54, 1.807) is 24.3 Å². The van der Waals surface area contributed by atoms with Gasteiger partial charge < -0.3 is 29.2 Å². The average Bonchev–Trinajstić information content (AvgIpc) is 3.30. The minimum atomic E-state index is -4.80. The fourth-order valence-electron chi connectivity index (χ4n) is 2.79. The molecule has 1 aromatic heterocycles. The number of nitrogens with one attached hydrogen (secondary N) is 1. The van der Waals surface area contributed by atoms with Gasteiger partial charge in [-0.15, -0.1) is 13.2 Å². The van der Waals surface area contributed by atoms with Crippen LogP contribution in [0.3, 0.4) is 0 Å². The molecule has 34 heavy (non-hydrogen) atoms. The average molecular weight is 481 g/mol. The van der Waals surface area contributed by atoms with Gasteiger partial charge in [0.05, 0.1) is 13.2 Å². The van der Waals surface area contributed by atoms with Crippen LogP contribution in [0.25, 0.3) is 11.4 Å². The Hall–Kier alpha value is -3.64. The SMILES string of the molecule is CCOCCOc1ccc(C(=O)NC(CO)c2nc(-c3ccc(OC(F)(F)F)cc3)no2)cc1. The molecule has 0 saturated heterocycles. The number of nitrogens with zero attached hydrogens (tertiary/aromatic N) is 2. The van der Waals surface area contributed by atoms with Crippen molar-refractivity contribution in [1.82, 2.24) is 15.5 Å². The van der Waals surface area contributed by atoms with Crippen LogP contribution in [0.4, 0.5) is 13.2 Å². The first kappa shape index (κ1) is 25.0. The lowest BCUT2D eigenvalue weighted by Crippen LogP contribution is -2.31. The van der Waals surface area contributed by atoms with Gasteiger partial charge >= 0.3 is 6.36 Å². The Morgan fingerprint density at radius 1 is 1.09 bits per heavy atom. The van der Waals surface area contributed by atoms with E-state index in [9.17, 15) is 23.1 Å². The number of hydrogen-bond acceptors (Lipinski definition) is 8. The fraction of sp³-hybridized carbons (Fsp3) is 0.318. The number of rotatable bonds is 11. The third kappa shape index (κ3) is 7.18. The molecule has 12 heteroatoms. The number of hydrogen-bond donors (Lipinski definition) is 2. The van der Waals surface area contributed by atoms with Gasteiger partial charge in [0.2, 0.25) is 5.82 Å². The Morgan fingerprint density at radius 3 is 2.38 bits per heavy atom. The third-order valence-electron chi connectivity index (χ3n) is 4.39. The Labute approximate surface area is 192 Å². The molecule has 1 unspecified atom stereocenters. The van der Waals surface area contributed by atoms with Crippen LogP contribution < -0.4 is 14.8 Å². The van der Waals surface area contributed by atoms with Gasteiger partial charge in [0.15, 0.2) is 0 Å². The summed E-state index contributed by atoms with van der Waals surface area (Å²) in [4.78, 5) is 16.7. The Bertz CT molecular complexity index is 1050. The van der Waals surface area contributed by atoms with Crippen LogP contribution in [0.2, 0.25) is 0 Å². The molecule has 0 bridgehead atoms. The van der Waals surface area contributed by atoms with Gasteiger partial charge in [-0.05, 0) is 55.5 Å². The van der Waals surface area contributed by atoms with Crippen molar-refractivity contribution >= 4 is 5.91 Å². The second kappa shape index (κ2) is 11.5. The third-order valence-corrected chi connectivity index (χ3v) is 4.39. The fourth-order valence-corrected chi connectivity index (χ4v) is 2.79. The number of aliphatic hydroxyl groups is 1. The van der Waals surface area contributed by atoms with E-state index in [-0.39, 0.29) is 11.7 Å². The minimum absolute atomic E-state index is 0.0646. The first-order valence-electron chi connectivity index (χ1n) is 10.2. The summed E-state index contributed by atoms with van der Waals surface area (Å²) >= 11 is 0. The van der Waals surface area contributed by atoms with Crippen LogP contribution in [0, 0.1) is 0 Å². The van der Waals surface area contributed by atoms with Crippen molar-refractivity contribution in [3.8, 4) is 22.9 Å². The van der Waals surface area contributed by atoms with Crippen molar-refractivity contribution in [1.29, 1.82) is 0 Å². The van der Waals surface area contributed by atoms with Gasteiger partial charge in [-0.3, -0.25) is 4.79 Å². The van der Waals surface area contributed by atoms with E-state index in [4.69, 9.17) is 14.0 Å². The monoisotopic (exact) mass is 481 g/mol. The molecule has 0 radical (unpaired) electrons. The summed E-state index contributed by atoms with van der Waals surface area (Å²) in [5.41, 5.74) is 0.670. The molecule has 9 nitrogen and oxygen atoms in total. The quantitative estimate of drug-likeness (QED) is 0.400. The normalized spacial score (nSPS) is 12.3. The van der Waals surface area contributed by atoms with Crippen molar-refractivity contribution in [3.63, 3.8) is 0 Å². The van der Waals surface area contributed by atoms with Crippen molar-refractivity contribution in [2.75, 3.05) is 26.4 Å². The summed E-state index contributed by atoms with van der Waals surface area (Å²) in [7, 11) is 0. The van der Waals surface area contributed by atoms with E-state index >= 15 is 0 Å². The summed E-state index contributed by atoms with van der Waals surface area (Å²) in [5.74, 6) is -0.324. The summed E-state index contributed by atoms with van der Waals surface area (Å²) in [6.07, 6.45) is -4.80. The standard InChI is InChI=1S/C22H22F3N3O6/c1-2-31-11-12-32-16-7-5-15(6-8-16)20(30)26-18(13-29)21-27-19(28-34-21)14-3-9-17(10-4-14)33-22(23,24)25/h3-10,18,29H,2,11-13H2,1H3,(H,26,30). The summed E-state index contributed by atoms with van der Waals surface area (Å²) in [5, 5.41) is 16.0. The topological polar surface area (TPSA) is 116 Å². The highest BCUT2D eigenvalue weighted by atomic mass is 19.4. The van der Waals surface area contributed by atoms with E-state index in [0.29, 0.717) is 36.7 Å². The number of aliphatic hydroxyl groups excluding tert-OH is 1. The predicted octanol–water partition coefficient (Wildman–Crippen LogP) is 3.51. The zero-order valence-electron chi connectivity index (χ0n) is 18.0. The van der Waals surface area contributed by atoms with E-state index < -0.39 is 30.7 Å². The number of benzene rings is 2. The number of halogens is 3. The van der Waals surface area contributed by atoms with Crippen LogP contribution in [0.1, 0.15) is 29.2 Å². The highest BCUT2D eigenvalue weighted by molar-refractivity contribution is 5.94. The number of amides is 1. The van der Waals surface area contributed by atoms with Crippen LogP contribution in [0.15, 0.2) is 53.1 Å². The molecule has 1 heterocycles. The Morgan fingerprint density at radius 2 is 1.76 bits per heavy atom. The lowest BCUT2D eigenvalue weighted by molar-refractivity contribution is -0.274. The molecule has 0 saturated carbocycles. The van der Waals surface area contributed by atoms with Crippen molar-refractivity contribution in [2.24, 2.45) is 0 Å². The first-order chi connectivity index (χ1) is 16.3. The molecular formula is C22H22F3N3O6. The van der Waals surface area contributed by atoms with Gasteiger partial charge in [-0.1, -0.05) is 5.16 Å². The number of alkyl halides is 3.